The average molecular weight is 341 g/mol. The topological polar surface area (TPSA) is 65.4 Å². The Morgan fingerprint density at radius 2 is 2.04 bits per heavy atom. The highest BCUT2D eigenvalue weighted by Gasteiger charge is 2.20. The van der Waals surface area contributed by atoms with Crippen molar-refractivity contribution in [2.24, 2.45) is 13.0 Å². The molecule has 0 radical (unpaired) electrons. The van der Waals surface area contributed by atoms with Crippen LogP contribution in [0.15, 0.2) is 36.7 Å². The van der Waals surface area contributed by atoms with Crippen molar-refractivity contribution in [1.29, 1.82) is 0 Å². The van der Waals surface area contributed by atoms with Crippen molar-refractivity contribution in [2.45, 2.75) is 19.9 Å². The van der Waals surface area contributed by atoms with Gasteiger partial charge in [-0.1, -0.05) is 19.9 Å². The molecule has 132 valence electrons. The molecular weight excluding hydrogens is 318 g/mol. The number of hydrogen-bond donors (Lipinski definition) is 1. The summed E-state index contributed by atoms with van der Waals surface area (Å²) >= 11 is 0. The van der Waals surface area contributed by atoms with Gasteiger partial charge in [0.25, 0.3) is 0 Å². The first-order chi connectivity index (χ1) is 12.0. The Balaban J connectivity index is 1.72. The quantitative estimate of drug-likeness (QED) is 0.849. The molecule has 0 fully saturated rings. The molecule has 1 aromatic heterocycles. The summed E-state index contributed by atoms with van der Waals surface area (Å²) in [6, 6.07) is 5.71. The van der Waals surface area contributed by atoms with Gasteiger partial charge in [0.1, 0.15) is 13.2 Å². The van der Waals surface area contributed by atoms with Crippen LogP contribution in [-0.2, 0) is 11.8 Å². The van der Waals surface area contributed by atoms with Gasteiger partial charge in [0.2, 0.25) is 5.91 Å². The van der Waals surface area contributed by atoms with E-state index in [1.165, 1.54) is 6.08 Å². The zero-order chi connectivity index (χ0) is 17.8. The molecule has 1 atom stereocenters. The Morgan fingerprint density at radius 3 is 2.72 bits per heavy atom. The van der Waals surface area contributed by atoms with E-state index in [-0.39, 0.29) is 17.9 Å². The number of aryl methyl sites for hydroxylation is 1. The van der Waals surface area contributed by atoms with Gasteiger partial charge in [0.05, 0.1) is 12.2 Å². The second-order valence-corrected chi connectivity index (χ2v) is 6.41. The fourth-order valence-electron chi connectivity index (χ4n) is 2.79. The average Bonchev–Trinajstić information content (AvgIpc) is 3.02. The van der Waals surface area contributed by atoms with E-state index in [0.717, 1.165) is 22.6 Å². The van der Waals surface area contributed by atoms with E-state index in [2.05, 4.69) is 24.3 Å². The Hall–Kier alpha value is -2.76. The number of hydrogen-bond acceptors (Lipinski definition) is 4. The van der Waals surface area contributed by atoms with Gasteiger partial charge in [-0.2, -0.15) is 5.10 Å². The molecule has 0 saturated heterocycles. The van der Waals surface area contributed by atoms with Crippen LogP contribution in [-0.4, -0.2) is 28.9 Å². The van der Waals surface area contributed by atoms with Gasteiger partial charge < -0.3 is 14.8 Å². The first-order valence-corrected chi connectivity index (χ1v) is 8.39. The molecule has 0 bridgehead atoms. The number of nitrogens with zero attached hydrogens (tertiary/aromatic N) is 2. The molecule has 1 unspecified atom stereocenters. The molecule has 2 heterocycles. The van der Waals surface area contributed by atoms with Gasteiger partial charge in [-0.05, 0) is 29.7 Å². The van der Waals surface area contributed by atoms with Crippen LogP contribution in [0.5, 0.6) is 11.5 Å². The number of aromatic nitrogens is 2. The summed E-state index contributed by atoms with van der Waals surface area (Å²) in [4.78, 5) is 12.3. The zero-order valence-corrected chi connectivity index (χ0v) is 14.7. The number of ether oxygens (including phenoxy) is 2. The van der Waals surface area contributed by atoms with Crippen LogP contribution in [0.4, 0.5) is 0 Å². The van der Waals surface area contributed by atoms with Gasteiger partial charge in [-0.3, -0.25) is 9.48 Å². The summed E-state index contributed by atoms with van der Waals surface area (Å²) in [5.41, 5.74) is 1.89. The minimum Gasteiger partial charge on any atom is -0.486 e. The Morgan fingerprint density at radius 1 is 1.28 bits per heavy atom. The van der Waals surface area contributed by atoms with Crippen molar-refractivity contribution < 1.29 is 14.3 Å². The van der Waals surface area contributed by atoms with E-state index in [1.54, 1.807) is 17.0 Å². The summed E-state index contributed by atoms with van der Waals surface area (Å²) < 4.78 is 12.9. The number of fused-ring (bicyclic) bond motifs is 1. The highest BCUT2D eigenvalue weighted by molar-refractivity contribution is 5.91. The third-order valence-electron chi connectivity index (χ3n) is 4.04. The van der Waals surface area contributed by atoms with Crippen LogP contribution in [0.1, 0.15) is 31.0 Å². The van der Waals surface area contributed by atoms with Gasteiger partial charge >= 0.3 is 0 Å². The fraction of sp³-hybridized carbons (Fsp3) is 0.368. The van der Waals surface area contributed by atoms with E-state index in [9.17, 15) is 4.79 Å². The van der Waals surface area contributed by atoms with Crippen molar-refractivity contribution >= 4 is 12.0 Å². The third kappa shape index (κ3) is 4.21. The first kappa shape index (κ1) is 17.1. The summed E-state index contributed by atoms with van der Waals surface area (Å²) in [7, 11) is 1.84. The molecule has 2 aromatic rings. The van der Waals surface area contributed by atoms with Crippen molar-refractivity contribution in [3.05, 3.63) is 47.8 Å². The minimum absolute atomic E-state index is 0.109. The van der Waals surface area contributed by atoms with E-state index in [4.69, 9.17) is 9.47 Å². The molecule has 6 nitrogen and oxygen atoms in total. The Kier molecular flexibility index (Phi) is 5.07. The zero-order valence-electron chi connectivity index (χ0n) is 14.7. The molecule has 1 amide bonds. The molecule has 0 saturated carbocycles. The molecule has 1 aromatic carbocycles. The summed E-state index contributed by atoms with van der Waals surface area (Å²) in [5, 5.41) is 7.15. The van der Waals surface area contributed by atoms with Gasteiger partial charge in [-0.15, -0.1) is 0 Å². The molecular formula is C19H23N3O3. The Labute approximate surface area is 147 Å². The first-order valence-electron chi connectivity index (χ1n) is 8.39. The third-order valence-corrected chi connectivity index (χ3v) is 4.04. The minimum atomic E-state index is -0.141. The van der Waals surface area contributed by atoms with Gasteiger partial charge in [0.15, 0.2) is 11.5 Å². The number of carbonyl (C=O) groups is 1. The smallest absolute Gasteiger partial charge is 0.244 e. The lowest BCUT2D eigenvalue weighted by atomic mass is 9.95. The van der Waals surface area contributed by atoms with E-state index >= 15 is 0 Å². The van der Waals surface area contributed by atoms with E-state index < -0.39 is 0 Å². The highest BCUT2D eigenvalue weighted by Crippen LogP contribution is 2.34. The predicted octanol–water partition coefficient (Wildman–Crippen LogP) is 2.72. The van der Waals surface area contributed by atoms with Crippen LogP contribution in [0.3, 0.4) is 0 Å². The van der Waals surface area contributed by atoms with Crippen LogP contribution in [0.25, 0.3) is 6.08 Å². The molecule has 1 aliphatic heterocycles. The molecule has 25 heavy (non-hydrogen) atoms. The number of nitrogens with one attached hydrogen (secondary N) is 1. The molecule has 6 heteroatoms. The van der Waals surface area contributed by atoms with Crippen LogP contribution in [0, 0.1) is 5.92 Å². The van der Waals surface area contributed by atoms with Gasteiger partial charge in [-0.25, -0.2) is 0 Å². The second kappa shape index (κ2) is 7.42. The normalized spacial score (nSPS) is 14.7. The number of rotatable bonds is 5. The number of amides is 1. The SMILES string of the molecule is CC(C)C(NC(=O)C=Cc1cnn(C)c1)c1ccc2c(c1)OCCO2. The monoisotopic (exact) mass is 341 g/mol. The molecule has 3 rings (SSSR count). The Bertz CT molecular complexity index is 780. The summed E-state index contributed by atoms with van der Waals surface area (Å²) in [6.07, 6.45) is 6.85. The lowest BCUT2D eigenvalue weighted by Crippen LogP contribution is -2.30. The van der Waals surface area contributed by atoms with E-state index in [0.29, 0.717) is 13.2 Å². The van der Waals surface area contributed by atoms with E-state index in [1.807, 2.05) is 31.4 Å². The second-order valence-electron chi connectivity index (χ2n) is 6.41. The van der Waals surface area contributed by atoms with Crippen molar-refractivity contribution in [2.75, 3.05) is 13.2 Å². The van der Waals surface area contributed by atoms with Crippen molar-refractivity contribution in [3.63, 3.8) is 0 Å². The number of carbonyl (C=O) groups excluding carboxylic acids is 1. The maximum absolute atomic E-state index is 12.3. The molecule has 1 aliphatic rings. The lowest BCUT2D eigenvalue weighted by molar-refractivity contribution is -0.117. The largest absolute Gasteiger partial charge is 0.486 e. The lowest BCUT2D eigenvalue weighted by Gasteiger charge is -2.25. The summed E-state index contributed by atoms with van der Waals surface area (Å²) in [6.45, 7) is 5.26. The standard InChI is InChI=1S/C19H23N3O3/c1-13(2)19(15-5-6-16-17(10-15)25-9-8-24-16)21-18(23)7-4-14-11-20-22(3)12-14/h4-7,10-13,19H,8-9H2,1-3H3,(H,21,23). The summed E-state index contributed by atoms with van der Waals surface area (Å²) in [5.74, 6) is 1.57. The van der Waals surface area contributed by atoms with Crippen LogP contribution < -0.4 is 14.8 Å². The highest BCUT2D eigenvalue weighted by atomic mass is 16.6. The van der Waals surface area contributed by atoms with Gasteiger partial charge in [0, 0.05) is 24.9 Å². The maximum Gasteiger partial charge on any atom is 0.244 e. The molecule has 1 N–H and O–H groups in total. The number of benzene rings is 1. The molecule has 0 aliphatic carbocycles. The van der Waals surface area contributed by atoms with Crippen molar-refractivity contribution in [3.8, 4) is 11.5 Å². The fourth-order valence-corrected chi connectivity index (χ4v) is 2.79. The van der Waals surface area contributed by atoms with Crippen LogP contribution >= 0.6 is 0 Å². The predicted molar refractivity (Wildman–Crippen MR) is 95.4 cm³/mol. The molecule has 0 spiro atoms. The van der Waals surface area contributed by atoms with Crippen molar-refractivity contribution in [1.82, 2.24) is 15.1 Å². The maximum atomic E-state index is 12.3. The van der Waals surface area contributed by atoms with Crippen LogP contribution in [0.2, 0.25) is 0 Å².